The predicted octanol–water partition coefficient (Wildman–Crippen LogP) is 3.92. The number of nitrogens with zero attached hydrogens (tertiary/aromatic N) is 2. The Labute approximate surface area is 148 Å². The second-order valence-electron chi connectivity index (χ2n) is 6.02. The fourth-order valence-electron chi connectivity index (χ4n) is 2.83. The van der Waals surface area contributed by atoms with Gasteiger partial charge >= 0.3 is 0 Å². The number of hydrogen-bond donors (Lipinski definition) is 1. The van der Waals surface area contributed by atoms with Crippen molar-refractivity contribution in [2.24, 2.45) is 0 Å². The van der Waals surface area contributed by atoms with Crippen molar-refractivity contribution in [1.29, 1.82) is 5.26 Å². The quantitative estimate of drug-likeness (QED) is 0.744. The maximum absolute atomic E-state index is 9.41. The number of aryl methyl sites for hydroxylation is 1. The third kappa shape index (κ3) is 4.02. The van der Waals surface area contributed by atoms with Crippen LogP contribution in [-0.2, 0) is 13.0 Å². The lowest BCUT2D eigenvalue weighted by molar-refractivity contribution is 0.296. The van der Waals surface area contributed by atoms with Gasteiger partial charge in [-0.05, 0) is 30.7 Å². The number of nitrogen functional groups attached to an aromatic ring is 1. The zero-order valence-corrected chi connectivity index (χ0v) is 14.3. The van der Waals surface area contributed by atoms with Crippen LogP contribution >= 0.6 is 0 Å². The van der Waals surface area contributed by atoms with Crippen LogP contribution in [0.3, 0.4) is 0 Å². The summed E-state index contributed by atoms with van der Waals surface area (Å²) in [6, 6.07) is 22.0. The first-order chi connectivity index (χ1) is 12.2. The number of ether oxygens (including phenoxy) is 1. The van der Waals surface area contributed by atoms with Crippen LogP contribution in [0.4, 0.5) is 5.69 Å². The van der Waals surface area contributed by atoms with E-state index in [1.54, 1.807) is 6.07 Å². The minimum absolute atomic E-state index is 0.480. The van der Waals surface area contributed by atoms with Gasteiger partial charge < -0.3 is 15.0 Å². The molecule has 4 nitrogen and oxygen atoms in total. The zero-order valence-electron chi connectivity index (χ0n) is 14.3. The van der Waals surface area contributed by atoms with E-state index in [1.807, 2.05) is 34.9 Å². The Morgan fingerprint density at radius 1 is 1.08 bits per heavy atom. The van der Waals surface area contributed by atoms with Crippen LogP contribution < -0.4 is 10.5 Å². The van der Waals surface area contributed by atoms with Crippen molar-refractivity contribution in [1.82, 2.24) is 4.57 Å². The Bertz CT molecular complexity index is 874. The van der Waals surface area contributed by atoms with E-state index >= 15 is 0 Å². The van der Waals surface area contributed by atoms with E-state index in [1.165, 1.54) is 11.1 Å². The fraction of sp³-hybridized carbons (Fsp3) is 0.190. The van der Waals surface area contributed by atoms with Crippen molar-refractivity contribution >= 4 is 5.69 Å². The topological polar surface area (TPSA) is 64.0 Å². The Hall–Kier alpha value is -3.19. The first kappa shape index (κ1) is 16.7. The van der Waals surface area contributed by atoms with Gasteiger partial charge in [-0.15, -0.1) is 0 Å². The summed E-state index contributed by atoms with van der Waals surface area (Å²) in [6.45, 7) is 3.12. The molecule has 0 aliphatic rings. The zero-order chi connectivity index (χ0) is 17.6. The van der Waals surface area contributed by atoms with Crippen LogP contribution in [0.25, 0.3) is 0 Å². The van der Waals surface area contributed by atoms with Gasteiger partial charge in [-0.25, -0.2) is 0 Å². The molecule has 2 aromatic carbocycles. The van der Waals surface area contributed by atoms with Gasteiger partial charge in [0.1, 0.15) is 24.1 Å². The summed E-state index contributed by atoms with van der Waals surface area (Å²) in [6.07, 6.45) is 0.694. The molecule has 3 rings (SSSR count). The highest BCUT2D eigenvalue weighted by Gasteiger charge is 2.13. The van der Waals surface area contributed by atoms with Crippen LogP contribution in [0.15, 0.2) is 60.7 Å². The van der Waals surface area contributed by atoms with E-state index < -0.39 is 0 Å². The number of nitrogens with two attached hydrogens (primary N) is 1. The van der Waals surface area contributed by atoms with E-state index in [4.69, 9.17) is 10.5 Å². The van der Waals surface area contributed by atoms with Crippen molar-refractivity contribution in [3.05, 3.63) is 83.2 Å². The van der Waals surface area contributed by atoms with Gasteiger partial charge in [0.2, 0.25) is 0 Å². The van der Waals surface area contributed by atoms with Gasteiger partial charge in [0.05, 0.1) is 12.2 Å². The monoisotopic (exact) mass is 331 g/mol. The summed E-state index contributed by atoms with van der Waals surface area (Å²) < 4.78 is 7.73. The van der Waals surface area contributed by atoms with Gasteiger partial charge in [0, 0.05) is 12.1 Å². The number of rotatable bonds is 6. The van der Waals surface area contributed by atoms with Crippen molar-refractivity contribution in [3.63, 3.8) is 0 Å². The summed E-state index contributed by atoms with van der Waals surface area (Å²) in [7, 11) is 0. The van der Waals surface area contributed by atoms with Gasteiger partial charge in [-0.1, -0.05) is 48.0 Å². The molecule has 3 aromatic rings. The van der Waals surface area contributed by atoms with Crippen molar-refractivity contribution in [2.45, 2.75) is 19.9 Å². The minimum Gasteiger partial charge on any atom is -0.492 e. The largest absolute Gasteiger partial charge is 0.492 e. The highest BCUT2D eigenvalue weighted by Crippen LogP contribution is 2.22. The molecule has 4 heteroatoms. The Morgan fingerprint density at radius 3 is 2.48 bits per heavy atom. The average molecular weight is 331 g/mol. The van der Waals surface area contributed by atoms with Crippen molar-refractivity contribution < 1.29 is 4.74 Å². The van der Waals surface area contributed by atoms with E-state index in [2.05, 4.69) is 37.3 Å². The maximum atomic E-state index is 9.41. The lowest BCUT2D eigenvalue weighted by Gasteiger charge is -2.13. The van der Waals surface area contributed by atoms with E-state index in [0.717, 1.165) is 11.4 Å². The number of hydrogen-bond acceptors (Lipinski definition) is 3. The van der Waals surface area contributed by atoms with E-state index in [-0.39, 0.29) is 0 Å². The SMILES string of the molecule is Cc1ccc(Cc2c(N)cc(C#N)n2CCOc2ccccc2)cc1. The minimum atomic E-state index is 0.480. The first-order valence-corrected chi connectivity index (χ1v) is 8.29. The molecule has 2 N–H and O–H groups in total. The molecule has 0 bridgehead atoms. The van der Waals surface area contributed by atoms with Gasteiger partial charge in [-0.3, -0.25) is 0 Å². The summed E-state index contributed by atoms with van der Waals surface area (Å²) >= 11 is 0. The number of nitriles is 1. The van der Waals surface area contributed by atoms with Crippen LogP contribution in [0.1, 0.15) is 22.5 Å². The molecule has 0 aliphatic carbocycles. The molecule has 0 unspecified atom stereocenters. The Kier molecular flexibility index (Phi) is 5.06. The van der Waals surface area contributed by atoms with Crippen LogP contribution in [0, 0.1) is 18.3 Å². The molecule has 25 heavy (non-hydrogen) atoms. The number of para-hydroxylation sites is 1. The Balaban J connectivity index is 1.77. The van der Waals surface area contributed by atoms with Gasteiger partial charge in [0.25, 0.3) is 0 Å². The van der Waals surface area contributed by atoms with Gasteiger partial charge in [-0.2, -0.15) is 5.26 Å². The number of aromatic nitrogens is 1. The summed E-state index contributed by atoms with van der Waals surface area (Å²) in [4.78, 5) is 0. The standard InChI is InChI=1S/C21H21N3O/c1-16-7-9-17(10-8-16)13-21-20(23)14-18(15-22)24(21)11-12-25-19-5-3-2-4-6-19/h2-10,14H,11-13,23H2,1H3. The normalized spacial score (nSPS) is 10.4. The Morgan fingerprint density at radius 2 is 1.80 bits per heavy atom. The van der Waals surface area contributed by atoms with Gasteiger partial charge in [0.15, 0.2) is 0 Å². The van der Waals surface area contributed by atoms with Crippen LogP contribution in [0.5, 0.6) is 5.75 Å². The summed E-state index contributed by atoms with van der Waals surface area (Å²) in [5.41, 5.74) is 10.7. The van der Waals surface area contributed by atoms with Crippen molar-refractivity contribution in [2.75, 3.05) is 12.3 Å². The molecule has 0 radical (unpaired) electrons. The number of anilines is 1. The molecule has 0 spiro atoms. The molecule has 0 amide bonds. The molecule has 126 valence electrons. The highest BCUT2D eigenvalue weighted by molar-refractivity contribution is 5.52. The lowest BCUT2D eigenvalue weighted by Crippen LogP contribution is -2.13. The third-order valence-corrected chi connectivity index (χ3v) is 4.18. The molecule has 1 heterocycles. The molecule has 0 atom stereocenters. The molecule has 0 fully saturated rings. The molecule has 1 aromatic heterocycles. The fourth-order valence-corrected chi connectivity index (χ4v) is 2.83. The molecular weight excluding hydrogens is 310 g/mol. The third-order valence-electron chi connectivity index (χ3n) is 4.18. The lowest BCUT2D eigenvalue weighted by atomic mass is 10.1. The predicted molar refractivity (Wildman–Crippen MR) is 99.5 cm³/mol. The average Bonchev–Trinajstić information content (AvgIpc) is 2.93. The second kappa shape index (κ2) is 7.59. The van der Waals surface area contributed by atoms with Crippen LogP contribution in [0.2, 0.25) is 0 Å². The maximum Gasteiger partial charge on any atom is 0.122 e. The molecular formula is C21H21N3O. The van der Waals surface area contributed by atoms with E-state index in [0.29, 0.717) is 31.0 Å². The van der Waals surface area contributed by atoms with Crippen molar-refractivity contribution in [3.8, 4) is 11.8 Å². The molecule has 0 saturated heterocycles. The number of benzene rings is 2. The smallest absolute Gasteiger partial charge is 0.122 e. The summed E-state index contributed by atoms with van der Waals surface area (Å²) in [5.74, 6) is 0.821. The highest BCUT2D eigenvalue weighted by atomic mass is 16.5. The second-order valence-corrected chi connectivity index (χ2v) is 6.02. The molecule has 0 aliphatic heterocycles. The van der Waals surface area contributed by atoms with E-state index in [9.17, 15) is 5.26 Å². The van der Waals surface area contributed by atoms with Crippen LogP contribution in [-0.4, -0.2) is 11.2 Å². The molecule has 0 saturated carbocycles. The summed E-state index contributed by atoms with van der Waals surface area (Å²) in [5, 5.41) is 9.41. The first-order valence-electron chi connectivity index (χ1n) is 8.29.